The Morgan fingerprint density at radius 2 is 1.94 bits per heavy atom. The molecule has 3 rings (SSSR count). The Bertz CT molecular complexity index is 601. The van der Waals surface area contributed by atoms with E-state index in [1.807, 2.05) is 49.4 Å². The van der Waals surface area contributed by atoms with Crippen LogP contribution in [0.1, 0.15) is 28.5 Å². The average Bonchev–Trinajstić information content (AvgIpc) is 2.68. The predicted octanol–water partition coefficient (Wildman–Crippen LogP) is 2.87. The van der Waals surface area contributed by atoms with Crippen LogP contribution in [0.2, 0.25) is 0 Å². The summed E-state index contributed by atoms with van der Waals surface area (Å²) in [6.45, 7) is 2.04. The van der Waals surface area contributed by atoms with Gasteiger partial charge in [-0.2, -0.15) is 0 Å². The van der Waals surface area contributed by atoms with E-state index in [0.29, 0.717) is 0 Å². The fourth-order valence-corrected chi connectivity index (χ4v) is 2.31. The number of aromatic nitrogens is 1. The van der Waals surface area contributed by atoms with Gasteiger partial charge in [0.1, 0.15) is 0 Å². The van der Waals surface area contributed by atoms with Gasteiger partial charge in [-0.25, -0.2) is 0 Å². The lowest BCUT2D eigenvalue weighted by Gasteiger charge is -2.07. The SMILES string of the molecule is Cc1cccnc1C1=CC(O)c2ccccc21. The summed E-state index contributed by atoms with van der Waals surface area (Å²) in [6.07, 6.45) is 3.15. The van der Waals surface area contributed by atoms with Crippen LogP contribution in [-0.2, 0) is 0 Å². The molecule has 2 nitrogen and oxygen atoms in total. The van der Waals surface area contributed by atoms with Gasteiger partial charge in [0.2, 0.25) is 0 Å². The van der Waals surface area contributed by atoms with E-state index in [4.69, 9.17) is 0 Å². The zero-order valence-electron chi connectivity index (χ0n) is 9.59. The Labute approximate surface area is 100 Å². The van der Waals surface area contributed by atoms with E-state index in [2.05, 4.69) is 4.98 Å². The summed E-state index contributed by atoms with van der Waals surface area (Å²) < 4.78 is 0. The largest absolute Gasteiger partial charge is 0.384 e. The van der Waals surface area contributed by atoms with Crippen LogP contribution in [0.3, 0.4) is 0 Å². The van der Waals surface area contributed by atoms with Crippen molar-refractivity contribution < 1.29 is 5.11 Å². The van der Waals surface area contributed by atoms with Crippen LogP contribution in [0.15, 0.2) is 48.7 Å². The third kappa shape index (κ3) is 1.58. The highest BCUT2D eigenvalue weighted by Gasteiger charge is 2.23. The summed E-state index contributed by atoms with van der Waals surface area (Å²) in [5.41, 5.74) is 5.17. The van der Waals surface area contributed by atoms with Gasteiger partial charge < -0.3 is 5.11 Å². The number of nitrogens with zero attached hydrogens (tertiary/aromatic N) is 1. The third-order valence-corrected chi connectivity index (χ3v) is 3.16. The van der Waals surface area contributed by atoms with Crippen LogP contribution in [0.4, 0.5) is 0 Å². The maximum absolute atomic E-state index is 10.00. The van der Waals surface area contributed by atoms with Gasteiger partial charge in [-0.3, -0.25) is 4.98 Å². The van der Waals surface area contributed by atoms with Crippen LogP contribution in [-0.4, -0.2) is 10.1 Å². The van der Waals surface area contributed by atoms with Crippen molar-refractivity contribution in [3.63, 3.8) is 0 Å². The minimum atomic E-state index is -0.511. The first-order valence-electron chi connectivity index (χ1n) is 5.68. The highest BCUT2D eigenvalue weighted by Crippen LogP contribution is 2.37. The topological polar surface area (TPSA) is 33.1 Å². The molecule has 0 amide bonds. The Kier molecular flexibility index (Phi) is 2.30. The molecule has 0 spiro atoms. The first kappa shape index (κ1) is 10.2. The second kappa shape index (κ2) is 3.82. The predicted molar refractivity (Wildman–Crippen MR) is 67.5 cm³/mol. The lowest BCUT2D eigenvalue weighted by Crippen LogP contribution is -1.93. The standard InChI is InChI=1S/C15H13NO/c1-10-5-4-8-16-15(10)13-9-14(17)12-7-3-2-6-11(12)13/h2-9,14,17H,1H3. The van der Waals surface area contributed by atoms with E-state index in [-0.39, 0.29) is 0 Å². The number of aliphatic hydroxyl groups excluding tert-OH is 1. The molecule has 1 aromatic carbocycles. The zero-order chi connectivity index (χ0) is 11.8. The van der Waals surface area contributed by atoms with Crippen molar-refractivity contribution in [1.29, 1.82) is 0 Å². The zero-order valence-corrected chi connectivity index (χ0v) is 9.59. The molecule has 1 aliphatic rings. The van der Waals surface area contributed by atoms with Gasteiger partial charge in [-0.05, 0) is 35.8 Å². The van der Waals surface area contributed by atoms with Gasteiger partial charge in [-0.1, -0.05) is 30.3 Å². The van der Waals surface area contributed by atoms with Crippen LogP contribution in [0.25, 0.3) is 5.57 Å². The van der Waals surface area contributed by atoms with Crippen molar-refractivity contribution >= 4 is 5.57 Å². The second-order valence-electron chi connectivity index (χ2n) is 4.28. The minimum absolute atomic E-state index is 0.511. The normalized spacial score (nSPS) is 17.8. The molecule has 17 heavy (non-hydrogen) atoms. The van der Waals surface area contributed by atoms with Crippen molar-refractivity contribution in [1.82, 2.24) is 4.98 Å². The fourth-order valence-electron chi connectivity index (χ4n) is 2.31. The summed E-state index contributed by atoms with van der Waals surface area (Å²) in [5, 5.41) is 10.00. The minimum Gasteiger partial charge on any atom is -0.384 e. The van der Waals surface area contributed by atoms with E-state index in [1.165, 1.54) is 0 Å². The molecule has 0 fully saturated rings. The molecule has 0 radical (unpaired) electrons. The Morgan fingerprint density at radius 1 is 1.12 bits per heavy atom. The highest BCUT2D eigenvalue weighted by molar-refractivity contribution is 5.84. The number of fused-ring (bicyclic) bond motifs is 1. The summed E-state index contributed by atoms with van der Waals surface area (Å²) >= 11 is 0. The maximum atomic E-state index is 10.00. The number of rotatable bonds is 1. The number of hydrogen-bond acceptors (Lipinski definition) is 2. The van der Waals surface area contributed by atoms with Gasteiger partial charge in [0.05, 0.1) is 11.8 Å². The monoisotopic (exact) mass is 223 g/mol. The van der Waals surface area contributed by atoms with Crippen molar-refractivity contribution in [3.05, 3.63) is 71.1 Å². The lowest BCUT2D eigenvalue weighted by molar-refractivity contribution is 0.232. The number of benzene rings is 1. The molecule has 0 saturated carbocycles. The number of pyridine rings is 1. The van der Waals surface area contributed by atoms with Crippen LogP contribution < -0.4 is 0 Å². The summed E-state index contributed by atoms with van der Waals surface area (Å²) in [7, 11) is 0. The second-order valence-corrected chi connectivity index (χ2v) is 4.28. The van der Waals surface area contributed by atoms with Gasteiger partial charge >= 0.3 is 0 Å². The summed E-state index contributed by atoms with van der Waals surface area (Å²) in [4.78, 5) is 4.41. The summed E-state index contributed by atoms with van der Waals surface area (Å²) in [6, 6.07) is 11.9. The molecule has 1 N–H and O–H groups in total. The molecule has 2 aromatic rings. The van der Waals surface area contributed by atoms with Crippen LogP contribution >= 0.6 is 0 Å². The van der Waals surface area contributed by atoms with E-state index in [9.17, 15) is 5.11 Å². The quantitative estimate of drug-likeness (QED) is 0.806. The Morgan fingerprint density at radius 3 is 2.76 bits per heavy atom. The molecule has 0 aliphatic heterocycles. The van der Waals surface area contributed by atoms with Gasteiger partial charge in [0.15, 0.2) is 0 Å². The number of aliphatic hydroxyl groups is 1. The van der Waals surface area contributed by atoms with Crippen molar-refractivity contribution in [3.8, 4) is 0 Å². The molecule has 1 unspecified atom stereocenters. The molecule has 84 valence electrons. The molecule has 2 heteroatoms. The molecular weight excluding hydrogens is 210 g/mol. The molecule has 1 aliphatic carbocycles. The molecule has 1 atom stereocenters. The Balaban J connectivity index is 2.19. The van der Waals surface area contributed by atoms with E-state index in [1.54, 1.807) is 6.20 Å². The molecular formula is C15H13NO. The first-order valence-corrected chi connectivity index (χ1v) is 5.68. The molecule has 1 heterocycles. The van der Waals surface area contributed by atoms with Crippen LogP contribution in [0, 0.1) is 6.92 Å². The average molecular weight is 223 g/mol. The van der Waals surface area contributed by atoms with Crippen molar-refractivity contribution in [2.45, 2.75) is 13.0 Å². The van der Waals surface area contributed by atoms with E-state index >= 15 is 0 Å². The van der Waals surface area contributed by atoms with Gasteiger partial charge in [0, 0.05) is 11.8 Å². The molecule has 1 aromatic heterocycles. The molecule has 0 bridgehead atoms. The smallest absolute Gasteiger partial charge is 0.0987 e. The first-order chi connectivity index (χ1) is 8.27. The van der Waals surface area contributed by atoms with Crippen molar-refractivity contribution in [2.75, 3.05) is 0 Å². The number of aryl methyl sites for hydroxylation is 1. The lowest BCUT2D eigenvalue weighted by atomic mass is 10.0. The molecule has 0 saturated heterocycles. The number of hydrogen-bond donors (Lipinski definition) is 1. The summed E-state index contributed by atoms with van der Waals surface area (Å²) in [5.74, 6) is 0. The highest BCUT2D eigenvalue weighted by atomic mass is 16.3. The van der Waals surface area contributed by atoms with Crippen molar-refractivity contribution in [2.24, 2.45) is 0 Å². The van der Waals surface area contributed by atoms with E-state index in [0.717, 1.165) is 28.0 Å². The third-order valence-electron chi connectivity index (χ3n) is 3.16. The van der Waals surface area contributed by atoms with Gasteiger partial charge in [0.25, 0.3) is 0 Å². The fraction of sp³-hybridized carbons (Fsp3) is 0.133. The van der Waals surface area contributed by atoms with E-state index < -0.39 is 6.10 Å². The van der Waals surface area contributed by atoms with Gasteiger partial charge in [-0.15, -0.1) is 0 Å². The maximum Gasteiger partial charge on any atom is 0.0987 e. The van der Waals surface area contributed by atoms with Crippen LogP contribution in [0.5, 0.6) is 0 Å². The Hall–Kier alpha value is -1.93.